The zero-order valence-electron chi connectivity index (χ0n) is 10.3. The van der Waals surface area contributed by atoms with Crippen LogP contribution >= 0.6 is 11.6 Å². The standard InChI is InChI=1S/C12H14ClN5O/c13-10-15-11(14-7-9-3-6-19-8-9)17-12(16-10)18-4-1-2-5-18/h3,6,8H,1-2,4-5,7H2,(H,14,15,16,17). The van der Waals surface area contributed by atoms with Crippen LogP contribution in [0.25, 0.3) is 0 Å². The first-order chi connectivity index (χ1) is 9.31. The molecule has 1 aliphatic heterocycles. The number of hydrogen-bond donors (Lipinski definition) is 1. The molecule has 1 N–H and O–H groups in total. The van der Waals surface area contributed by atoms with Crippen LogP contribution in [-0.2, 0) is 6.54 Å². The highest BCUT2D eigenvalue weighted by Crippen LogP contribution is 2.18. The minimum absolute atomic E-state index is 0.214. The van der Waals surface area contributed by atoms with E-state index in [0.717, 1.165) is 18.7 Å². The monoisotopic (exact) mass is 279 g/mol. The van der Waals surface area contributed by atoms with Gasteiger partial charge in [0.05, 0.1) is 12.5 Å². The van der Waals surface area contributed by atoms with Crippen molar-refractivity contribution in [3.8, 4) is 0 Å². The Bertz CT molecular complexity index is 539. The van der Waals surface area contributed by atoms with Crippen LogP contribution < -0.4 is 10.2 Å². The number of rotatable bonds is 4. The van der Waals surface area contributed by atoms with Crippen molar-refractivity contribution in [1.82, 2.24) is 15.0 Å². The molecule has 0 saturated carbocycles. The number of nitrogens with zero attached hydrogens (tertiary/aromatic N) is 4. The highest BCUT2D eigenvalue weighted by molar-refractivity contribution is 6.28. The molecule has 0 aromatic carbocycles. The van der Waals surface area contributed by atoms with Gasteiger partial charge in [-0.1, -0.05) is 0 Å². The molecule has 0 atom stereocenters. The summed E-state index contributed by atoms with van der Waals surface area (Å²) in [7, 11) is 0. The molecule has 1 saturated heterocycles. The summed E-state index contributed by atoms with van der Waals surface area (Å²) in [5, 5.41) is 3.33. The minimum Gasteiger partial charge on any atom is -0.472 e. The van der Waals surface area contributed by atoms with Crippen molar-refractivity contribution in [2.75, 3.05) is 23.3 Å². The largest absolute Gasteiger partial charge is 0.472 e. The van der Waals surface area contributed by atoms with Crippen LogP contribution in [0.3, 0.4) is 0 Å². The quantitative estimate of drug-likeness (QED) is 0.926. The third-order valence-electron chi connectivity index (χ3n) is 3.02. The van der Waals surface area contributed by atoms with Crippen LogP contribution in [-0.4, -0.2) is 28.0 Å². The lowest BCUT2D eigenvalue weighted by Gasteiger charge is -2.15. The van der Waals surface area contributed by atoms with Crippen LogP contribution in [0.2, 0.25) is 5.28 Å². The zero-order chi connectivity index (χ0) is 13.1. The van der Waals surface area contributed by atoms with E-state index in [4.69, 9.17) is 16.0 Å². The van der Waals surface area contributed by atoms with Crippen LogP contribution in [0.5, 0.6) is 0 Å². The smallest absolute Gasteiger partial charge is 0.231 e. The van der Waals surface area contributed by atoms with E-state index in [1.54, 1.807) is 12.5 Å². The summed E-state index contributed by atoms with van der Waals surface area (Å²) >= 11 is 5.94. The van der Waals surface area contributed by atoms with Crippen molar-refractivity contribution in [2.45, 2.75) is 19.4 Å². The van der Waals surface area contributed by atoms with Gasteiger partial charge in [-0.05, 0) is 30.5 Å². The Morgan fingerprint density at radius 3 is 2.84 bits per heavy atom. The van der Waals surface area contributed by atoms with E-state index in [9.17, 15) is 0 Å². The first-order valence-corrected chi connectivity index (χ1v) is 6.60. The summed E-state index contributed by atoms with van der Waals surface area (Å²) in [6.45, 7) is 2.54. The van der Waals surface area contributed by atoms with Crippen molar-refractivity contribution in [3.63, 3.8) is 0 Å². The summed E-state index contributed by atoms with van der Waals surface area (Å²) in [6, 6.07) is 1.89. The maximum atomic E-state index is 5.94. The Morgan fingerprint density at radius 2 is 2.11 bits per heavy atom. The fraction of sp³-hybridized carbons (Fsp3) is 0.417. The molecule has 0 unspecified atom stereocenters. The van der Waals surface area contributed by atoms with Gasteiger partial charge in [0.2, 0.25) is 17.2 Å². The number of nitrogens with one attached hydrogen (secondary N) is 1. The van der Waals surface area contributed by atoms with E-state index in [-0.39, 0.29) is 5.28 Å². The van der Waals surface area contributed by atoms with Crippen molar-refractivity contribution >= 4 is 23.5 Å². The number of furan rings is 1. The third kappa shape index (κ3) is 2.96. The highest BCUT2D eigenvalue weighted by atomic mass is 35.5. The molecule has 2 aromatic rings. The summed E-state index contributed by atoms with van der Waals surface area (Å²) in [5.41, 5.74) is 1.03. The van der Waals surface area contributed by atoms with Gasteiger partial charge in [-0.3, -0.25) is 0 Å². The molecular weight excluding hydrogens is 266 g/mol. The van der Waals surface area contributed by atoms with Gasteiger partial charge in [0.15, 0.2) is 0 Å². The van der Waals surface area contributed by atoms with Gasteiger partial charge in [-0.2, -0.15) is 15.0 Å². The number of aromatic nitrogens is 3. The number of anilines is 2. The van der Waals surface area contributed by atoms with Crippen molar-refractivity contribution in [3.05, 3.63) is 29.4 Å². The fourth-order valence-corrected chi connectivity index (χ4v) is 2.21. The van der Waals surface area contributed by atoms with Crippen molar-refractivity contribution in [2.24, 2.45) is 0 Å². The molecule has 3 heterocycles. The lowest BCUT2D eigenvalue weighted by Crippen LogP contribution is -2.21. The zero-order valence-corrected chi connectivity index (χ0v) is 11.1. The average Bonchev–Trinajstić information content (AvgIpc) is 3.09. The second-order valence-corrected chi connectivity index (χ2v) is 4.75. The fourth-order valence-electron chi connectivity index (χ4n) is 2.05. The second kappa shape index (κ2) is 5.44. The number of halogens is 1. The second-order valence-electron chi connectivity index (χ2n) is 4.41. The molecule has 0 aliphatic carbocycles. The first kappa shape index (κ1) is 12.2. The number of hydrogen-bond acceptors (Lipinski definition) is 6. The average molecular weight is 280 g/mol. The van der Waals surface area contributed by atoms with E-state index in [2.05, 4.69) is 25.2 Å². The van der Waals surface area contributed by atoms with E-state index >= 15 is 0 Å². The molecule has 7 heteroatoms. The van der Waals surface area contributed by atoms with Gasteiger partial charge >= 0.3 is 0 Å². The van der Waals surface area contributed by atoms with Crippen LogP contribution in [0, 0.1) is 0 Å². The van der Waals surface area contributed by atoms with Crippen molar-refractivity contribution in [1.29, 1.82) is 0 Å². The molecule has 0 amide bonds. The molecule has 19 heavy (non-hydrogen) atoms. The molecule has 100 valence electrons. The molecule has 0 bridgehead atoms. The maximum Gasteiger partial charge on any atom is 0.231 e. The summed E-state index contributed by atoms with van der Waals surface area (Å²) in [6.07, 6.45) is 5.65. The van der Waals surface area contributed by atoms with Crippen LogP contribution in [0.4, 0.5) is 11.9 Å². The van der Waals surface area contributed by atoms with Gasteiger partial charge in [0.1, 0.15) is 0 Å². The van der Waals surface area contributed by atoms with Crippen LogP contribution in [0.15, 0.2) is 23.0 Å². The Labute approximate surface area is 115 Å². The topological polar surface area (TPSA) is 67.1 Å². The van der Waals surface area contributed by atoms with Gasteiger partial charge in [0.25, 0.3) is 0 Å². The lowest BCUT2D eigenvalue weighted by atomic mass is 10.3. The van der Waals surface area contributed by atoms with E-state index in [1.165, 1.54) is 12.8 Å². The Kier molecular flexibility index (Phi) is 3.50. The van der Waals surface area contributed by atoms with Gasteiger partial charge in [0, 0.05) is 25.2 Å². The molecule has 3 rings (SSSR count). The predicted molar refractivity (Wildman–Crippen MR) is 72.3 cm³/mol. The normalized spacial score (nSPS) is 14.9. The Morgan fingerprint density at radius 1 is 1.26 bits per heavy atom. The lowest BCUT2D eigenvalue weighted by molar-refractivity contribution is 0.564. The predicted octanol–water partition coefficient (Wildman–Crippen LogP) is 2.33. The summed E-state index contributed by atoms with van der Waals surface area (Å²) in [5.74, 6) is 1.13. The Hall–Kier alpha value is -1.82. The molecule has 0 spiro atoms. The Balaban J connectivity index is 1.73. The highest BCUT2D eigenvalue weighted by Gasteiger charge is 2.16. The molecular formula is C12H14ClN5O. The summed E-state index contributed by atoms with van der Waals surface area (Å²) in [4.78, 5) is 14.8. The molecule has 0 radical (unpaired) electrons. The van der Waals surface area contributed by atoms with Crippen molar-refractivity contribution < 1.29 is 4.42 Å². The maximum absolute atomic E-state index is 5.94. The SMILES string of the molecule is Clc1nc(NCc2ccoc2)nc(N2CCCC2)n1. The van der Waals surface area contributed by atoms with Gasteiger partial charge < -0.3 is 14.6 Å². The summed E-state index contributed by atoms with van der Waals surface area (Å²) < 4.78 is 5.00. The molecule has 6 nitrogen and oxygen atoms in total. The first-order valence-electron chi connectivity index (χ1n) is 6.23. The molecule has 1 aliphatic rings. The van der Waals surface area contributed by atoms with E-state index in [0.29, 0.717) is 18.4 Å². The third-order valence-corrected chi connectivity index (χ3v) is 3.18. The van der Waals surface area contributed by atoms with Gasteiger partial charge in [-0.15, -0.1) is 0 Å². The minimum atomic E-state index is 0.214. The van der Waals surface area contributed by atoms with Gasteiger partial charge in [-0.25, -0.2) is 0 Å². The van der Waals surface area contributed by atoms with E-state index < -0.39 is 0 Å². The molecule has 2 aromatic heterocycles. The van der Waals surface area contributed by atoms with Crippen LogP contribution in [0.1, 0.15) is 18.4 Å². The van der Waals surface area contributed by atoms with E-state index in [1.807, 2.05) is 6.07 Å². The molecule has 1 fully saturated rings.